The van der Waals surface area contributed by atoms with E-state index in [0.29, 0.717) is 37.3 Å². The highest BCUT2D eigenvalue weighted by atomic mass is 35.5. The number of anilines is 1. The predicted molar refractivity (Wildman–Crippen MR) is 204 cm³/mol. The normalized spacial score (nSPS) is 36.8. The van der Waals surface area contributed by atoms with Crippen LogP contribution in [0.2, 0.25) is 5.02 Å². The predicted octanol–water partition coefficient (Wildman–Crippen LogP) is 6.95. The number of fused-ring (bicyclic) bond motifs is 4. The number of amides is 1. The number of sulfonamides is 1. The van der Waals surface area contributed by atoms with E-state index in [1.54, 1.807) is 13.0 Å². The number of ether oxygens (including phenoxy) is 3. The minimum atomic E-state index is -3.91. The van der Waals surface area contributed by atoms with Gasteiger partial charge in [0.1, 0.15) is 5.75 Å². The van der Waals surface area contributed by atoms with Gasteiger partial charge in [0.25, 0.3) is 5.91 Å². The molecule has 52 heavy (non-hydrogen) atoms. The van der Waals surface area contributed by atoms with E-state index in [2.05, 4.69) is 33.6 Å². The van der Waals surface area contributed by atoms with Crippen molar-refractivity contribution >= 4 is 33.2 Å². The molecule has 0 radical (unpaired) electrons. The fourth-order valence-corrected chi connectivity index (χ4v) is 12.0. The maximum atomic E-state index is 13.7. The molecule has 8 rings (SSSR count). The largest absolute Gasteiger partial charge is 0.490 e. The van der Waals surface area contributed by atoms with Crippen LogP contribution in [-0.2, 0) is 31.3 Å². The van der Waals surface area contributed by atoms with Crippen LogP contribution < -0.4 is 14.4 Å². The summed E-state index contributed by atoms with van der Waals surface area (Å²) in [7, 11) is -3.91. The zero-order valence-electron chi connectivity index (χ0n) is 31.1. The van der Waals surface area contributed by atoms with E-state index in [4.69, 9.17) is 25.8 Å². The molecule has 9 nitrogen and oxygen atoms in total. The summed E-state index contributed by atoms with van der Waals surface area (Å²) in [5, 5.41) is 0.0308. The van der Waals surface area contributed by atoms with Gasteiger partial charge in [-0.3, -0.25) is 9.69 Å². The van der Waals surface area contributed by atoms with Crippen LogP contribution in [0.4, 0.5) is 5.69 Å². The van der Waals surface area contributed by atoms with Gasteiger partial charge < -0.3 is 19.1 Å². The molecule has 2 saturated heterocycles. The molecule has 2 aromatic rings. The van der Waals surface area contributed by atoms with Crippen molar-refractivity contribution in [2.45, 2.75) is 108 Å². The minimum Gasteiger partial charge on any atom is -0.490 e. The van der Waals surface area contributed by atoms with Crippen LogP contribution in [0.25, 0.3) is 0 Å². The SMILES string of the molecule is CC1[C@@H](C)CCC[C@@H](C2OCC(N3CCCC3)CO2)[C@@H]2CCC2(C)CN2C[C@@]3(CCCc4cc(Cl)ccc43)COc3ccc(cc32)C(=O)NS1(=O)=O. The van der Waals surface area contributed by atoms with Gasteiger partial charge in [-0.05, 0) is 137 Å². The van der Waals surface area contributed by atoms with Crippen molar-refractivity contribution in [1.82, 2.24) is 9.62 Å². The first-order valence-electron chi connectivity index (χ1n) is 19.8. The number of halogens is 1. The van der Waals surface area contributed by atoms with Crippen LogP contribution in [0.5, 0.6) is 5.75 Å². The number of rotatable bonds is 2. The van der Waals surface area contributed by atoms with E-state index in [9.17, 15) is 13.2 Å². The number of nitrogens with zero attached hydrogens (tertiary/aromatic N) is 2. The molecule has 2 unspecified atom stereocenters. The number of carbonyl (C=O) groups is 1. The third-order valence-electron chi connectivity index (χ3n) is 13.9. The van der Waals surface area contributed by atoms with Gasteiger partial charge in [-0.15, -0.1) is 0 Å². The van der Waals surface area contributed by atoms with Gasteiger partial charge in [0.2, 0.25) is 10.0 Å². The van der Waals surface area contributed by atoms with Crippen LogP contribution in [0.15, 0.2) is 36.4 Å². The van der Waals surface area contributed by atoms with Crippen molar-refractivity contribution in [1.29, 1.82) is 0 Å². The molecule has 2 aliphatic carbocycles. The highest BCUT2D eigenvalue weighted by molar-refractivity contribution is 7.90. The topological polar surface area (TPSA) is 97.4 Å². The first kappa shape index (κ1) is 36.6. The second-order valence-corrected chi connectivity index (χ2v) is 19.7. The van der Waals surface area contributed by atoms with Crippen LogP contribution in [0.1, 0.15) is 100 Å². The van der Waals surface area contributed by atoms with Gasteiger partial charge in [-0.2, -0.15) is 0 Å². The zero-order valence-corrected chi connectivity index (χ0v) is 32.7. The summed E-state index contributed by atoms with van der Waals surface area (Å²) < 4.78 is 49.6. The molecule has 6 aliphatic rings. The lowest BCUT2D eigenvalue weighted by molar-refractivity contribution is -0.248. The van der Waals surface area contributed by atoms with Crippen molar-refractivity contribution in [2.24, 2.45) is 23.2 Å². The molecule has 1 amide bonds. The van der Waals surface area contributed by atoms with Gasteiger partial charge in [0.15, 0.2) is 6.29 Å². The highest BCUT2D eigenvalue weighted by Gasteiger charge is 2.52. The maximum Gasteiger partial charge on any atom is 0.264 e. The molecule has 1 N–H and O–H groups in total. The third-order valence-corrected chi connectivity index (χ3v) is 16.1. The van der Waals surface area contributed by atoms with Gasteiger partial charge in [0, 0.05) is 35.0 Å². The lowest BCUT2D eigenvalue weighted by atomic mass is 9.55. The van der Waals surface area contributed by atoms with E-state index in [0.717, 1.165) is 94.0 Å². The van der Waals surface area contributed by atoms with Gasteiger partial charge in [-0.25, -0.2) is 13.1 Å². The molecular weight excluding hydrogens is 698 g/mol. The third kappa shape index (κ3) is 6.89. The Morgan fingerprint density at radius 2 is 1.71 bits per heavy atom. The van der Waals surface area contributed by atoms with E-state index in [1.165, 1.54) is 24.0 Å². The van der Waals surface area contributed by atoms with Crippen molar-refractivity contribution in [3.8, 4) is 5.75 Å². The Morgan fingerprint density at radius 3 is 2.46 bits per heavy atom. The summed E-state index contributed by atoms with van der Waals surface area (Å²) in [6.07, 6.45) is 9.94. The lowest BCUT2D eigenvalue weighted by Crippen LogP contribution is -2.56. The van der Waals surface area contributed by atoms with Crippen LogP contribution in [0, 0.1) is 23.2 Å². The fraction of sp³-hybridized carbons (Fsp3) is 0.683. The van der Waals surface area contributed by atoms with Crippen molar-refractivity contribution in [2.75, 3.05) is 50.9 Å². The molecular formula is C41H56ClN3O6S. The second-order valence-electron chi connectivity index (χ2n) is 17.2. The van der Waals surface area contributed by atoms with Crippen molar-refractivity contribution in [3.63, 3.8) is 0 Å². The summed E-state index contributed by atoms with van der Waals surface area (Å²) in [4.78, 5) is 18.6. The van der Waals surface area contributed by atoms with E-state index < -0.39 is 21.2 Å². The maximum absolute atomic E-state index is 13.7. The van der Waals surface area contributed by atoms with Crippen LogP contribution in [0.3, 0.4) is 0 Å². The summed E-state index contributed by atoms with van der Waals surface area (Å²) in [6, 6.07) is 12.0. The summed E-state index contributed by atoms with van der Waals surface area (Å²) in [5.74, 6) is 0.573. The number of hydrogen-bond acceptors (Lipinski definition) is 8. The number of nitrogens with one attached hydrogen (secondary N) is 1. The Labute approximate surface area is 315 Å². The summed E-state index contributed by atoms with van der Waals surface area (Å²) in [5.41, 5.74) is 3.45. The lowest BCUT2D eigenvalue weighted by Gasteiger charge is -2.55. The van der Waals surface area contributed by atoms with E-state index in [-0.39, 0.29) is 29.0 Å². The smallest absolute Gasteiger partial charge is 0.264 e. The second kappa shape index (κ2) is 14.4. The molecule has 2 bridgehead atoms. The Morgan fingerprint density at radius 1 is 0.923 bits per heavy atom. The standard InChI is InChI=1S/C41H56ClN3O6S/c1-27-8-6-10-33(39-49-22-32(23-50-39)44-18-4-5-19-44)35-15-17-40(35,3)24-45-25-41(16-7-9-29-20-31(42)12-13-34(29)41)26-51-37-14-11-30(21-36(37)45)38(46)43-52(47,48)28(27)2/h11-14,20-21,27-28,32-33,35,39H,4-10,15-19,22-26H2,1-3H3,(H,43,46)/t27-,28?,32?,33+,35-,39?,40?,41-/m0/s1. The van der Waals surface area contributed by atoms with E-state index >= 15 is 0 Å². The molecule has 6 atom stereocenters. The first-order chi connectivity index (χ1) is 24.9. The Balaban J connectivity index is 1.16. The number of hydrogen-bond donors (Lipinski definition) is 1. The Kier molecular flexibility index (Phi) is 10.1. The highest BCUT2D eigenvalue weighted by Crippen LogP contribution is 2.55. The first-order valence-corrected chi connectivity index (χ1v) is 21.7. The Bertz CT molecular complexity index is 1760. The number of aryl methyl sites for hydroxylation is 1. The van der Waals surface area contributed by atoms with Crippen molar-refractivity contribution < 1.29 is 27.4 Å². The fourth-order valence-electron chi connectivity index (χ4n) is 10.5. The molecule has 4 heterocycles. The van der Waals surface area contributed by atoms with Gasteiger partial charge in [-0.1, -0.05) is 37.9 Å². The minimum absolute atomic E-state index is 0.0267. The van der Waals surface area contributed by atoms with Crippen LogP contribution >= 0.6 is 11.6 Å². The monoisotopic (exact) mass is 753 g/mol. The van der Waals surface area contributed by atoms with Crippen molar-refractivity contribution in [3.05, 3.63) is 58.1 Å². The quantitative estimate of drug-likeness (QED) is 0.352. The van der Waals surface area contributed by atoms with Crippen LogP contribution in [-0.4, -0.2) is 82.8 Å². The number of likely N-dealkylation sites (tertiary alicyclic amines) is 1. The summed E-state index contributed by atoms with van der Waals surface area (Å²) >= 11 is 6.51. The van der Waals surface area contributed by atoms with Gasteiger partial charge in [0.05, 0.1) is 36.8 Å². The average Bonchev–Trinajstić information content (AvgIpc) is 3.62. The zero-order chi connectivity index (χ0) is 36.3. The molecule has 284 valence electrons. The Hall–Kier alpha value is -2.37. The van der Waals surface area contributed by atoms with Gasteiger partial charge >= 0.3 is 0 Å². The molecule has 1 saturated carbocycles. The van der Waals surface area contributed by atoms with E-state index in [1.807, 2.05) is 25.1 Å². The molecule has 11 heteroatoms. The molecule has 1 spiro atoms. The summed E-state index contributed by atoms with van der Waals surface area (Å²) in [6.45, 7) is 11.8. The molecule has 0 aromatic heterocycles. The average molecular weight is 754 g/mol. The molecule has 2 aromatic carbocycles. The number of benzene rings is 2. The molecule has 3 fully saturated rings. The molecule has 4 aliphatic heterocycles. The number of carbonyl (C=O) groups excluding carboxylic acids is 1.